The summed E-state index contributed by atoms with van der Waals surface area (Å²) in [6.07, 6.45) is 1.20. The number of aryl methyl sites for hydroxylation is 2. The van der Waals surface area contributed by atoms with Crippen molar-refractivity contribution in [2.75, 3.05) is 19.7 Å². The van der Waals surface area contributed by atoms with Gasteiger partial charge in [0, 0.05) is 32.0 Å². The molecule has 1 aromatic carbocycles. The molecule has 0 saturated carbocycles. The van der Waals surface area contributed by atoms with Crippen LogP contribution in [0.2, 0.25) is 0 Å². The normalized spacial score (nSPS) is 20.9. The number of hydrogen-bond acceptors (Lipinski definition) is 5. The van der Waals surface area contributed by atoms with Crippen molar-refractivity contribution >= 4 is 5.91 Å². The van der Waals surface area contributed by atoms with Gasteiger partial charge in [-0.15, -0.1) is 0 Å². The van der Waals surface area contributed by atoms with Gasteiger partial charge >= 0.3 is 0 Å². The summed E-state index contributed by atoms with van der Waals surface area (Å²) in [5.41, 5.74) is 1.16. The van der Waals surface area contributed by atoms with Gasteiger partial charge in [0.1, 0.15) is 0 Å². The van der Waals surface area contributed by atoms with E-state index >= 15 is 0 Å². The van der Waals surface area contributed by atoms with E-state index in [1.165, 1.54) is 0 Å². The first-order valence-electron chi connectivity index (χ1n) is 7.90. The Labute approximate surface area is 135 Å². The summed E-state index contributed by atoms with van der Waals surface area (Å²) in [7, 11) is 0. The Morgan fingerprint density at radius 1 is 1.35 bits per heavy atom. The second-order valence-corrected chi connectivity index (χ2v) is 6.01. The predicted octanol–water partition coefficient (Wildman–Crippen LogP) is 1.55. The topological polar surface area (TPSA) is 79.5 Å². The van der Waals surface area contributed by atoms with Crippen LogP contribution in [0.1, 0.15) is 29.6 Å². The van der Waals surface area contributed by atoms with Gasteiger partial charge in [0.2, 0.25) is 11.8 Å². The molecule has 1 aliphatic heterocycles. The summed E-state index contributed by atoms with van der Waals surface area (Å²) in [6, 6.07) is 9.97. The minimum absolute atomic E-state index is 0.00849. The van der Waals surface area contributed by atoms with E-state index in [1.807, 2.05) is 30.3 Å². The summed E-state index contributed by atoms with van der Waals surface area (Å²) in [5.74, 6) is 1.06. The lowest BCUT2D eigenvalue weighted by atomic mass is 9.97. The molecule has 0 spiro atoms. The fourth-order valence-corrected chi connectivity index (χ4v) is 3.06. The van der Waals surface area contributed by atoms with Crippen LogP contribution < -0.4 is 0 Å². The highest BCUT2D eigenvalue weighted by Gasteiger charge is 2.38. The van der Waals surface area contributed by atoms with Gasteiger partial charge in [-0.25, -0.2) is 0 Å². The van der Waals surface area contributed by atoms with E-state index in [0.717, 1.165) is 12.0 Å². The zero-order valence-corrected chi connectivity index (χ0v) is 13.2. The summed E-state index contributed by atoms with van der Waals surface area (Å²) < 4.78 is 5.23. The Balaban J connectivity index is 1.61. The van der Waals surface area contributed by atoms with Crippen molar-refractivity contribution in [1.82, 2.24) is 15.0 Å². The highest BCUT2D eigenvalue weighted by atomic mass is 16.5. The maximum absolute atomic E-state index is 12.4. The van der Waals surface area contributed by atoms with Gasteiger partial charge in [0.15, 0.2) is 5.82 Å². The number of carbonyl (C=O) groups excluding carboxylic acids is 1. The molecule has 1 saturated heterocycles. The molecule has 2 heterocycles. The summed E-state index contributed by atoms with van der Waals surface area (Å²) in [4.78, 5) is 18.5. The molecule has 1 fully saturated rings. The second-order valence-electron chi connectivity index (χ2n) is 6.01. The smallest absolute Gasteiger partial charge is 0.231 e. The number of nitrogens with zero attached hydrogens (tertiary/aromatic N) is 3. The Hall–Kier alpha value is -2.21. The van der Waals surface area contributed by atoms with Gasteiger partial charge in [-0.2, -0.15) is 4.98 Å². The largest absolute Gasteiger partial charge is 0.396 e. The maximum Gasteiger partial charge on any atom is 0.231 e. The molecular formula is C17H21N3O3. The van der Waals surface area contributed by atoms with Crippen molar-refractivity contribution in [1.29, 1.82) is 0 Å². The predicted molar refractivity (Wildman–Crippen MR) is 83.7 cm³/mol. The van der Waals surface area contributed by atoms with Crippen LogP contribution in [-0.4, -0.2) is 45.8 Å². The molecule has 3 rings (SSSR count). The monoisotopic (exact) mass is 315 g/mol. The molecule has 6 heteroatoms. The number of aliphatic hydroxyl groups excluding tert-OH is 1. The molecular weight excluding hydrogens is 294 g/mol. The minimum atomic E-state index is -0.0816. The molecule has 0 unspecified atom stereocenters. The van der Waals surface area contributed by atoms with Gasteiger partial charge in [0.05, 0.1) is 5.92 Å². The molecule has 0 radical (unpaired) electrons. The van der Waals surface area contributed by atoms with Crippen LogP contribution >= 0.6 is 0 Å². The molecule has 122 valence electrons. The summed E-state index contributed by atoms with van der Waals surface area (Å²) in [6.45, 7) is 2.84. The van der Waals surface area contributed by atoms with Gasteiger partial charge in [-0.05, 0) is 18.9 Å². The summed E-state index contributed by atoms with van der Waals surface area (Å²) in [5, 5.41) is 13.4. The van der Waals surface area contributed by atoms with E-state index in [4.69, 9.17) is 4.52 Å². The number of amides is 1. The van der Waals surface area contributed by atoms with Crippen molar-refractivity contribution in [2.45, 2.75) is 25.7 Å². The average molecular weight is 315 g/mol. The third-order valence-electron chi connectivity index (χ3n) is 4.36. The molecule has 23 heavy (non-hydrogen) atoms. The molecule has 0 aliphatic carbocycles. The molecule has 1 N–H and O–H groups in total. The molecule has 1 aliphatic rings. The number of benzene rings is 1. The molecule has 0 bridgehead atoms. The minimum Gasteiger partial charge on any atom is -0.396 e. The van der Waals surface area contributed by atoms with Crippen LogP contribution in [0.3, 0.4) is 0 Å². The summed E-state index contributed by atoms with van der Waals surface area (Å²) >= 11 is 0. The molecule has 2 atom stereocenters. The maximum atomic E-state index is 12.4. The van der Waals surface area contributed by atoms with Crippen molar-refractivity contribution in [3.05, 3.63) is 47.6 Å². The van der Waals surface area contributed by atoms with Crippen molar-refractivity contribution < 1.29 is 14.4 Å². The first kappa shape index (κ1) is 15.7. The zero-order valence-electron chi connectivity index (χ0n) is 13.2. The van der Waals surface area contributed by atoms with Crippen LogP contribution in [0.5, 0.6) is 0 Å². The highest BCUT2D eigenvalue weighted by molar-refractivity contribution is 5.77. The van der Waals surface area contributed by atoms with Crippen molar-refractivity contribution in [2.24, 2.45) is 5.92 Å². The Morgan fingerprint density at radius 3 is 2.78 bits per heavy atom. The number of likely N-dealkylation sites (tertiary alicyclic amines) is 1. The first-order valence-corrected chi connectivity index (χ1v) is 7.90. The van der Waals surface area contributed by atoms with E-state index in [9.17, 15) is 9.90 Å². The fraction of sp³-hybridized carbons (Fsp3) is 0.471. The van der Waals surface area contributed by atoms with E-state index in [-0.39, 0.29) is 24.3 Å². The molecule has 1 aromatic heterocycles. The van der Waals surface area contributed by atoms with Crippen molar-refractivity contribution in [3.63, 3.8) is 0 Å². The Kier molecular flexibility index (Phi) is 4.71. The number of rotatable bonds is 5. The molecule has 6 nitrogen and oxygen atoms in total. The third kappa shape index (κ3) is 3.59. The van der Waals surface area contributed by atoms with Crippen molar-refractivity contribution in [3.8, 4) is 0 Å². The SMILES string of the molecule is Cc1noc([C@@H]2CN(C(=O)CCc3ccccc3)C[C@H]2CO)n1. The van der Waals surface area contributed by atoms with E-state index in [0.29, 0.717) is 31.2 Å². The standard InChI is InChI=1S/C17H21N3O3/c1-12-18-17(23-19-12)15-10-20(9-14(15)11-21)16(22)8-7-13-5-3-2-4-6-13/h2-6,14-15,21H,7-11H2,1H3/t14-,15+/m0/s1. The van der Waals surface area contributed by atoms with E-state index < -0.39 is 0 Å². The highest BCUT2D eigenvalue weighted by Crippen LogP contribution is 2.31. The number of carbonyl (C=O) groups is 1. The van der Waals surface area contributed by atoms with Gasteiger partial charge in [-0.1, -0.05) is 35.5 Å². The first-order chi connectivity index (χ1) is 11.2. The van der Waals surface area contributed by atoms with Gasteiger partial charge < -0.3 is 14.5 Å². The van der Waals surface area contributed by atoms with E-state index in [2.05, 4.69) is 10.1 Å². The Morgan fingerprint density at radius 2 is 2.13 bits per heavy atom. The van der Waals surface area contributed by atoms with Crippen LogP contribution in [-0.2, 0) is 11.2 Å². The van der Waals surface area contributed by atoms with Gasteiger partial charge in [0.25, 0.3) is 0 Å². The lowest BCUT2D eigenvalue weighted by molar-refractivity contribution is -0.130. The third-order valence-corrected chi connectivity index (χ3v) is 4.36. The second kappa shape index (κ2) is 6.91. The van der Waals surface area contributed by atoms with Gasteiger partial charge in [-0.3, -0.25) is 4.79 Å². The van der Waals surface area contributed by atoms with Crippen LogP contribution in [0.15, 0.2) is 34.9 Å². The number of aliphatic hydroxyl groups is 1. The average Bonchev–Trinajstić information content (AvgIpc) is 3.19. The fourth-order valence-electron chi connectivity index (χ4n) is 3.06. The molecule has 2 aromatic rings. The van der Waals surface area contributed by atoms with E-state index in [1.54, 1.807) is 11.8 Å². The Bertz CT molecular complexity index is 656. The van der Waals surface area contributed by atoms with Crippen LogP contribution in [0.4, 0.5) is 0 Å². The quantitative estimate of drug-likeness (QED) is 0.905. The molecule has 1 amide bonds. The lowest BCUT2D eigenvalue weighted by Crippen LogP contribution is -2.29. The van der Waals surface area contributed by atoms with Crippen LogP contribution in [0.25, 0.3) is 0 Å². The number of hydrogen-bond donors (Lipinski definition) is 1. The lowest BCUT2D eigenvalue weighted by Gasteiger charge is -2.16. The number of aromatic nitrogens is 2. The zero-order chi connectivity index (χ0) is 16.2. The van der Waals surface area contributed by atoms with Crippen LogP contribution in [0, 0.1) is 12.8 Å².